The van der Waals surface area contributed by atoms with Crippen molar-refractivity contribution in [1.82, 2.24) is 0 Å². The van der Waals surface area contributed by atoms with Crippen LogP contribution in [0.1, 0.15) is 12.5 Å². The molecule has 0 aliphatic rings. The molecule has 0 unspecified atom stereocenters. The predicted molar refractivity (Wildman–Crippen MR) is 42.6 cm³/mol. The lowest BCUT2D eigenvalue weighted by molar-refractivity contribution is -0.667. The second-order valence-electron chi connectivity index (χ2n) is 2.39. The Hall–Kier alpha value is -0.820. The largest absolute Gasteiger partial charge is 0.343 e. The van der Waals surface area contributed by atoms with Gasteiger partial charge in [0.05, 0.1) is 6.54 Å². The highest BCUT2D eigenvalue weighted by Gasteiger charge is 1.89. The Bertz CT molecular complexity index is 169. The fourth-order valence-corrected chi connectivity index (χ4v) is 0.925. The van der Waals surface area contributed by atoms with Crippen LogP contribution in [0.4, 0.5) is 0 Å². The summed E-state index contributed by atoms with van der Waals surface area (Å²) in [6, 6.07) is 10.5. The van der Waals surface area contributed by atoms with Gasteiger partial charge >= 0.3 is 0 Å². The van der Waals surface area contributed by atoms with Crippen molar-refractivity contribution in [2.24, 2.45) is 0 Å². The fourth-order valence-electron chi connectivity index (χ4n) is 0.925. The maximum Gasteiger partial charge on any atom is 0.101 e. The number of benzene rings is 1. The van der Waals surface area contributed by atoms with Crippen molar-refractivity contribution in [3.8, 4) is 0 Å². The first-order valence-electron chi connectivity index (χ1n) is 3.79. The lowest BCUT2D eigenvalue weighted by atomic mass is 10.2. The second kappa shape index (κ2) is 4.07. The summed E-state index contributed by atoms with van der Waals surface area (Å²) in [6.07, 6.45) is 0. The Morgan fingerprint density at radius 2 is 1.90 bits per heavy atom. The molecule has 0 heterocycles. The third kappa shape index (κ3) is 2.19. The molecule has 0 amide bonds. The lowest BCUT2D eigenvalue weighted by Gasteiger charge is -1.96. The van der Waals surface area contributed by atoms with Gasteiger partial charge < -0.3 is 5.32 Å². The average Bonchev–Trinajstić information content (AvgIpc) is 2.03. The molecule has 2 N–H and O–H groups in total. The van der Waals surface area contributed by atoms with Crippen molar-refractivity contribution in [3.63, 3.8) is 0 Å². The quantitative estimate of drug-likeness (QED) is 0.632. The SMILES string of the molecule is CC[NH2+]Cc1ccccc1. The van der Waals surface area contributed by atoms with E-state index in [1.165, 1.54) is 5.56 Å². The molecule has 0 bridgehead atoms. The summed E-state index contributed by atoms with van der Waals surface area (Å²) < 4.78 is 0. The third-order valence-corrected chi connectivity index (χ3v) is 1.51. The highest BCUT2D eigenvalue weighted by molar-refractivity contribution is 5.12. The number of hydrogen-bond acceptors (Lipinski definition) is 0. The molecule has 0 radical (unpaired) electrons. The molecule has 0 aromatic heterocycles. The molecule has 1 aromatic rings. The Morgan fingerprint density at radius 3 is 2.50 bits per heavy atom. The van der Waals surface area contributed by atoms with Gasteiger partial charge in [-0.2, -0.15) is 0 Å². The van der Waals surface area contributed by atoms with Crippen LogP contribution in [0.5, 0.6) is 0 Å². The molecule has 54 valence electrons. The first-order chi connectivity index (χ1) is 4.93. The van der Waals surface area contributed by atoms with E-state index >= 15 is 0 Å². The van der Waals surface area contributed by atoms with Gasteiger partial charge in [0, 0.05) is 5.56 Å². The van der Waals surface area contributed by atoms with Gasteiger partial charge in [-0.1, -0.05) is 30.3 Å². The summed E-state index contributed by atoms with van der Waals surface area (Å²) in [4.78, 5) is 0. The topological polar surface area (TPSA) is 16.6 Å². The van der Waals surface area contributed by atoms with Gasteiger partial charge in [-0.15, -0.1) is 0 Å². The first-order valence-corrected chi connectivity index (χ1v) is 3.79. The average molecular weight is 136 g/mol. The van der Waals surface area contributed by atoms with E-state index in [1.807, 2.05) is 0 Å². The van der Waals surface area contributed by atoms with Crippen LogP contribution < -0.4 is 5.32 Å². The molecule has 0 fully saturated rings. The summed E-state index contributed by atoms with van der Waals surface area (Å²) in [5.74, 6) is 0. The number of hydrogen-bond donors (Lipinski definition) is 1. The van der Waals surface area contributed by atoms with E-state index in [0.717, 1.165) is 13.1 Å². The molecular weight excluding hydrogens is 122 g/mol. The molecule has 0 spiro atoms. The normalized spacial score (nSPS) is 9.70. The molecule has 0 aliphatic carbocycles. The van der Waals surface area contributed by atoms with Gasteiger partial charge in [-0.25, -0.2) is 0 Å². The van der Waals surface area contributed by atoms with Gasteiger partial charge in [-0.3, -0.25) is 0 Å². The minimum Gasteiger partial charge on any atom is -0.343 e. The van der Waals surface area contributed by atoms with Crippen molar-refractivity contribution in [2.45, 2.75) is 13.5 Å². The minimum absolute atomic E-state index is 1.11. The Kier molecular flexibility index (Phi) is 2.97. The van der Waals surface area contributed by atoms with Crippen LogP contribution in [0, 0.1) is 0 Å². The Morgan fingerprint density at radius 1 is 1.20 bits per heavy atom. The fraction of sp³-hybridized carbons (Fsp3) is 0.333. The van der Waals surface area contributed by atoms with Crippen molar-refractivity contribution in [2.75, 3.05) is 6.54 Å². The molecule has 1 aromatic carbocycles. The van der Waals surface area contributed by atoms with E-state index in [0.29, 0.717) is 0 Å². The van der Waals surface area contributed by atoms with Gasteiger partial charge in [0.15, 0.2) is 0 Å². The summed E-state index contributed by atoms with van der Waals surface area (Å²) in [7, 11) is 0. The third-order valence-electron chi connectivity index (χ3n) is 1.51. The highest BCUT2D eigenvalue weighted by Crippen LogP contribution is 1.93. The van der Waals surface area contributed by atoms with Crippen LogP contribution in [-0.4, -0.2) is 6.54 Å². The molecule has 10 heavy (non-hydrogen) atoms. The van der Waals surface area contributed by atoms with Crippen LogP contribution in [0.2, 0.25) is 0 Å². The van der Waals surface area contributed by atoms with Crippen molar-refractivity contribution in [1.29, 1.82) is 0 Å². The number of nitrogens with two attached hydrogens (primary N) is 1. The molecule has 0 saturated heterocycles. The first kappa shape index (κ1) is 7.29. The molecular formula is C9H14N+. The van der Waals surface area contributed by atoms with Gasteiger partial charge in [0.25, 0.3) is 0 Å². The zero-order valence-corrected chi connectivity index (χ0v) is 6.38. The van der Waals surface area contributed by atoms with Crippen molar-refractivity contribution >= 4 is 0 Å². The highest BCUT2D eigenvalue weighted by atomic mass is 14.8. The Balaban J connectivity index is 2.43. The smallest absolute Gasteiger partial charge is 0.101 e. The standard InChI is InChI=1S/C9H13N/c1-2-10-8-9-6-4-3-5-7-9/h3-7,10H,2,8H2,1H3/p+1. The van der Waals surface area contributed by atoms with E-state index in [1.54, 1.807) is 0 Å². The second-order valence-corrected chi connectivity index (χ2v) is 2.39. The molecule has 0 atom stereocenters. The zero-order valence-electron chi connectivity index (χ0n) is 6.38. The number of quaternary nitrogens is 1. The predicted octanol–water partition coefficient (Wildman–Crippen LogP) is 0.770. The zero-order chi connectivity index (χ0) is 7.23. The maximum absolute atomic E-state index is 2.29. The van der Waals surface area contributed by atoms with E-state index in [2.05, 4.69) is 42.6 Å². The van der Waals surface area contributed by atoms with Crippen molar-refractivity contribution in [3.05, 3.63) is 35.9 Å². The molecule has 0 saturated carbocycles. The lowest BCUT2D eigenvalue weighted by Crippen LogP contribution is -2.81. The van der Waals surface area contributed by atoms with Crippen LogP contribution in [0.25, 0.3) is 0 Å². The Labute approximate surface area is 62.1 Å². The summed E-state index contributed by atoms with van der Waals surface area (Å²) >= 11 is 0. The molecule has 0 aliphatic heterocycles. The van der Waals surface area contributed by atoms with E-state index in [4.69, 9.17) is 0 Å². The van der Waals surface area contributed by atoms with Gasteiger partial charge in [0.2, 0.25) is 0 Å². The monoisotopic (exact) mass is 136 g/mol. The number of rotatable bonds is 3. The van der Waals surface area contributed by atoms with E-state index < -0.39 is 0 Å². The molecule has 1 heteroatoms. The van der Waals surface area contributed by atoms with Crippen LogP contribution in [-0.2, 0) is 6.54 Å². The van der Waals surface area contributed by atoms with Crippen LogP contribution in [0.3, 0.4) is 0 Å². The van der Waals surface area contributed by atoms with E-state index in [-0.39, 0.29) is 0 Å². The minimum atomic E-state index is 1.11. The molecule has 1 nitrogen and oxygen atoms in total. The summed E-state index contributed by atoms with van der Waals surface area (Å²) in [5, 5.41) is 2.29. The maximum atomic E-state index is 2.29. The van der Waals surface area contributed by atoms with Crippen LogP contribution in [0.15, 0.2) is 30.3 Å². The van der Waals surface area contributed by atoms with Crippen molar-refractivity contribution < 1.29 is 5.32 Å². The van der Waals surface area contributed by atoms with Gasteiger partial charge in [0.1, 0.15) is 6.54 Å². The summed E-state index contributed by atoms with van der Waals surface area (Å²) in [6.45, 7) is 4.44. The van der Waals surface area contributed by atoms with E-state index in [9.17, 15) is 0 Å². The van der Waals surface area contributed by atoms with Gasteiger partial charge in [-0.05, 0) is 6.92 Å². The van der Waals surface area contributed by atoms with Crippen LogP contribution >= 0.6 is 0 Å². The molecule has 1 rings (SSSR count). The summed E-state index contributed by atoms with van der Waals surface area (Å²) in [5.41, 5.74) is 1.41.